The molecule has 5 N–H and O–H groups in total. The van der Waals surface area contributed by atoms with Gasteiger partial charge in [0.15, 0.2) is 17.2 Å². The van der Waals surface area contributed by atoms with Gasteiger partial charge in [0, 0.05) is 17.3 Å². The predicted molar refractivity (Wildman–Crippen MR) is 116 cm³/mol. The first kappa shape index (κ1) is 22.6. The molecule has 1 amide bonds. The summed E-state index contributed by atoms with van der Waals surface area (Å²) in [7, 11) is -3.99. The van der Waals surface area contributed by atoms with Crippen molar-refractivity contribution in [1.29, 1.82) is 0 Å². The van der Waals surface area contributed by atoms with Gasteiger partial charge < -0.3 is 11.5 Å². The Morgan fingerprint density at radius 1 is 1.24 bits per heavy atom. The van der Waals surface area contributed by atoms with Crippen LogP contribution < -0.4 is 16.2 Å². The van der Waals surface area contributed by atoms with Crippen molar-refractivity contribution in [3.8, 4) is 11.3 Å². The number of anilines is 1. The number of amides is 1. The third-order valence-corrected chi connectivity index (χ3v) is 8.49. The quantitative estimate of drug-likeness (QED) is 0.497. The minimum atomic E-state index is -4.72. The maximum Gasteiger partial charge on any atom is 0.434 e. The van der Waals surface area contributed by atoms with E-state index in [0.717, 1.165) is 10.6 Å². The molecule has 3 aliphatic carbocycles. The summed E-state index contributed by atoms with van der Waals surface area (Å²) in [4.78, 5) is 19.1. The molecule has 1 aromatic carbocycles. The van der Waals surface area contributed by atoms with Crippen LogP contribution in [0.15, 0.2) is 35.5 Å². The Hall–Kier alpha value is -3.19. The standard InChI is InChI=1S/C21H21F3N6O3S/c1-11-2-3-12(34(32,33)29-20-5-4-19(9-20,10-20)18(26)31)6-13(11)14-7-27-17-16(25)28-15(8-30(14)17)21(22,23)24/h2-3,6-8,29H,4-5,9-10H2,1H3,(H2,25,28)(H2,26,31). The number of rotatable bonds is 5. The topological polar surface area (TPSA) is 145 Å². The van der Waals surface area contributed by atoms with Gasteiger partial charge in [-0.2, -0.15) is 13.2 Å². The van der Waals surface area contributed by atoms with E-state index in [-0.39, 0.29) is 16.2 Å². The van der Waals surface area contributed by atoms with Gasteiger partial charge in [-0.3, -0.25) is 9.20 Å². The number of nitrogen functional groups attached to an aromatic ring is 1. The van der Waals surface area contributed by atoms with E-state index in [1.807, 2.05) is 0 Å². The maximum absolute atomic E-state index is 13.3. The molecule has 0 radical (unpaired) electrons. The van der Waals surface area contributed by atoms with Crippen molar-refractivity contribution in [3.63, 3.8) is 0 Å². The van der Waals surface area contributed by atoms with Crippen LogP contribution in [-0.2, 0) is 21.0 Å². The van der Waals surface area contributed by atoms with Gasteiger partial charge in [0.05, 0.1) is 22.2 Å². The maximum atomic E-state index is 13.3. The zero-order chi connectivity index (χ0) is 24.7. The summed E-state index contributed by atoms with van der Waals surface area (Å²) in [5.74, 6) is -0.815. The molecule has 0 aliphatic heterocycles. The number of nitrogens with one attached hydrogen (secondary N) is 1. The van der Waals surface area contributed by atoms with Gasteiger partial charge in [0.1, 0.15) is 0 Å². The summed E-state index contributed by atoms with van der Waals surface area (Å²) >= 11 is 0. The van der Waals surface area contributed by atoms with Crippen LogP contribution in [0, 0.1) is 12.3 Å². The van der Waals surface area contributed by atoms with E-state index >= 15 is 0 Å². The van der Waals surface area contributed by atoms with Gasteiger partial charge in [-0.25, -0.2) is 23.1 Å². The molecular weight excluding hydrogens is 473 g/mol. The summed E-state index contributed by atoms with van der Waals surface area (Å²) < 4.78 is 70.1. The van der Waals surface area contributed by atoms with E-state index in [1.165, 1.54) is 18.3 Å². The van der Waals surface area contributed by atoms with E-state index in [9.17, 15) is 26.4 Å². The van der Waals surface area contributed by atoms with Crippen molar-refractivity contribution in [2.45, 2.75) is 49.2 Å². The summed E-state index contributed by atoms with van der Waals surface area (Å²) in [5, 5.41) is 0. The van der Waals surface area contributed by atoms with Crippen LogP contribution in [0.4, 0.5) is 19.0 Å². The number of carbonyl (C=O) groups excluding carboxylic acids is 1. The third kappa shape index (κ3) is 3.33. The molecule has 34 heavy (non-hydrogen) atoms. The normalized spacial score (nSPS) is 24.4. The highest BCUT2D eigenvalue weighted by atomic mass is 32.2. The summed E-state index contributed by atoms with van der Waals surface area (Å²) in [5.41, 5.74) is 9.87. The molecule has 0 unspecified atom stereocenters. The second-order valence-electron chi connectivity index (χ2n) is 9.21. The fourth-order valence-corrected chi connectivity index (χ4v) is 6.69. The van der Waals surface area contributed by atoms with Crippen LogP contribution in [0.2, 0.25) is 0 Å². The molecule has 2 aromatic heterocycles. The number of sulfonamides is 1. The molecule has 0 atom stereocenters. The molecular formula is C21H21F3N6O3S. The Labute approximate surface area is 192 Å². The number of carbonyl (C=O) groups is 1. The van der Waals surface area contributed by atoms with E-state index in [4.69, 9.17) is 11.5 Å². The number of benzene rings is 1. The van der Waals surface area contributed by atoms with E-state index in [0.29, 0.717) is 36.8 Å². The zero-order valence-corrected chi connectivity index (χ0v) is 18.8. The van der Waals surface area contributed by atoms with Gasteiger partial charge >= 0.3 is 6.18 Å². The van der Waals surface area contributed by atoms with Crippen molar-refractivity contribution in [1.82, 2.24) is 19.1 Å². The van der Waals surface area contributed by atoms with Crippen LogP contribution in [0.1, 0.15) is 36.9 Å². The average molecular weight is 494 g/mol. The van der Waals surface area contributed by atoms with E-state index < -0.39 is 44.6 Å². The minimum absolute atomic E-state index is 0.0240. The van der Waals surface area contributed by atoms with Gasteiger partial charge in [0.25, 0.3) is 0 Å². The molecule has 3 fully saturated rings. The van der Waals surface area contributed by atoms with Crippen molar-refractivity contribution in [2.75, 3.05) is 5.73 Å². The van der Waals surface area contributed by atoms with Crippen LogP contribution in [0.3, 0.4) is 0 Å². The highest BCUT2D eigenvalue weighted by molar-refractivity contribution is 7.89. The first-order valence-corrected chi connectivity index (χ1v) is 11.9. The lowest BCUT2D eigenvalue weighted by Crippen LogP contribution is -2.58. The summed E-state index contributed by atoms with van der Waals surface area (Å²) in [6.07, 6.45) is -0.876. The Morgan fingerprint density at radius 3 is 2.56 bits per heavy atom. The number of nitrogens with two attached hydrogens (primary N) is 2. The molecule has 13 heteroatoms. The number of primary amides is 1. The second kappa shape index (κ2) is 6.92. The van der Waals surface area contributed by atoms with Crippen LogP contribution in [0.5, 0.6) is 0 Å². The SMILES string of the molecule is Cc1ccc(S(=O)(=O)NC23CCC(C(N)=O)(C2)C3)cc1-c1cnc2c(N)nc(C(F)(F)F)cn12. The Bertz CT molecular complexity index is 1460. The average Bonchev–Trinajstić information content (AvgIpc) is 3.39. The molecule has 9 nitrogen and oxygen atoms in total. The minimum Gasteiger partial charge on any atom is -0.381 e. The second-order valence-corrected chi connectivity index (χ2v) is 10.9. The Balaban J connectivity index is 1.54. The van der Waals surface area contributed by atoms with Crippen molar-refractivity contribution < 1.29 is 26.4 Å². The highest BCUT2D eigenvalue weighted by Crippen LogP contribution is 2.61. The van der Waals surface area contributed by atoms with Crippen molar-refractivity contribution in [3.05, 3.63) is 41.9 Å². The molecule has 3 aromatic rings. The molecule has 3 aliphatic rings. The number of hydrogen-bond acceptors (Lipinski definition) is 6. The van der Waals surface area contributed by atoms with Crippen molar-refractivity contribution in [2.24, 2.45) is 11.1 Å². The molecule has 0 spiro atoms. The number of hydrogen-bond donors (Lipinski definition) is 3. The van der Waals surface area contributed by atoms with Gasteiger partial charge in [-0.15, -0.1) is 0 Å². The molecule has 3 saturated carbocycles. The van der Waals surface area contributed by atoms with Crippen LogP contribution in [0.25, 0.3) is 16.9 Å². The number of fused-ring (bicyclic) bond motifs is 2. The molecule has 2 heterocycles. The number of alkyl halides is 3. The molecule has 2 bridgehead atoms. The van der Waals surface area contributed by atoms with E-state index in [2.05, 4.69) is 14.7 Å². The van der Waals surface area contributed by atoms with Crippen LogP contribution in [-0.4, -0.2) is 34.2 Å². The number of aromatic nitrogens is 3. The lowest BCUT2D eigenvalue weighted by atomic mass is 9.65. The summed E-state index contributed by atoms with van der Waals surface area (Å²) in [6.45, 7) is 1.70. The fraction of sp³-hybridized carbons (Fsp3) is 0.381. The number of aryl methyl sites for hydroxylation is 1. The van der Waals surface area contributed by atoms with Gasteiger partial charge in [-0.1, -0.05) is 6.07 Å². The lowest BCUT2D eigenvalue weighted by Gasteiger charge is -2.45. The number of nitrogens with zero attached hydrogens (tertiary/aromatic N) is 3. The van der Waals surface area contributed by atoms with E-state index in [1.54, 1.807) is 13.0 Å². The number of halogens is 3. The largest absolute Gasteiger partial charge is 0.434 e. The monoisotopic (exact) mass is 494 g/mol. The predicted octanol–water partition coefficient (Wildman–Crippen LogP) is 2.38. The zero-order valence-electron chi connectivity index (χ0n) is 18.0. The lowest BCUT2D eigenvalue weighted by molar-refractivity contribution is -0.141. The highest BCUT2D eigenvalue weighted by Gasteiger charge is 2.64. The molecule has 6 rings (SSSR count). The Kier molecular flexibility index (Phi) is 4.60. The first-order valence-electron chi connectivity index (χ1n) is 10.4. The van der Waals surface area contributed by atoms with Crippen molar-refractivity contribution >= 4 is 27.4 Å². The fourth-order valence-electron chi connectivity index (χ4n) is 5.23. The Morgan fingerprint density at radius 2 is 1.94 bits per heavy atom. The third-order valence-electron chi connectivity index (χ3n) is 6.91. The van der Waals surface area contributed by atoms with Gasteiger partial charge in [0.2, 0.25) is 15.9 Å². The van der Waals surface area contributed by atoms with Crippen LogP contribution >= 0.6 is 0 Å². The molecule has 180 valence electrons. The first-order chi connectivity index (χ1) is 15.8. The number of imidazole rings is 1. The smallest absolute Gasteiger partial charge is 0.381 e. The van der Waals surface area contributed by atoms with Gasteiger partial charge in [-0.05, 0) is 50.3 Å². The molecule has 0 saturated heterocycles. The summed E-state index contributed by atoms with van der Waals surface area (Å²) in [6, 6.07) is 4.38.